The molecule has 0 radical (unpaired) electrons. The van der Waals surface area contributed by atoms with E-state index in [4.69, 9.17) is 0 Å². The van der Waals surface area contributed by atoms with E-state index in [1.807, 2.05) is 12.1 Å². The molecule has 148 valence electrons. The molecular formula is C22H31NO3S. The molecule has 5 heteroatoms. The van der Waals surface area contributed by atoms with Crippen molar-refractivity contribution in [2.75, 3.05) is 5.75 Å². The Kier molecular flexibility index (Phi) is 4.45. The SMILES string of the molecule is CC1(C)[C@H]2CC[C@@]1(C)[C@@H](NC(=O)CCS(=O)(=O)c1ccc3c(c1)CCC3)C2. The standard InChI is InChI=1S/C22H31NO3S/c1-21(2)17-9-11-22(21,3)19(14-17)23-20(24)10-12-27(25,26)18-8-7-15-5-4-6-16(15)13-18/h7-8,13,17,19H,4-6,9-12,14H2,1-3H3,(H,23,24)/t17-,19-,22-/m0/s1. The van der Waals surface area contributed by atoms with E-state index < -0.39 is 9.84 Å². The van der Waals surface area contributed by atoms with Gasteiger partial charge in [0.25, 0.3) is 0 Å². The highest BCUT2D eigenvalue weighted by Crippen LogP contribution is 2.65. The zero-order chi connectivity index (χ0) is 19.4. The quantitative estimate of drug-likeness (QED) is 0.836. The van der Waals surface area contributed by atoms with E-state index in [-0.39, 0.29) is 35.0 Å². The zero-order valence-corrected chi connectivity index (χ0v) is 17.5. The van der Waals surface area contributed by atoms with Gasteiger partial charge >= 0.3 is 0 Å². The van der Waals surface area contributed by atoms with Crippen LogP contribution in [0.25, 0.3) is 0 Å². The van der Waals surface area contributed by atoms with Gasteiger partial charge in [-0.05, 0) is 78.5 Å². The van der Waals surface area contributed by atoms with Crippen LogP contribution in [0.1, 0.15) is 64.0 Å². The molecule has 0 saturated heterocycles. The molecule has 1 N–H and O–H groups in total. The van der Waals surface area contributed by atoms with E-state index >= 15 is 0 Å². The van der Waals surface area contributed by atoms with Crippen LogP contribution in [0.4, 0.5) is 0 Å². The summed E-state index contributed by atoms with van der Waals surface area (Å²) in [6.07, 6.45) is 6.53. The Balaban J connectivity index is 1.38. The molecule has 1 aromatic carbocycles. The van der Waals surface area contributed by atoms with Gasteiger partial charge in [-0.3, -0.25) is 4.79 Å². The van der Waals surface area contributed by atoms with Crippen LogP contribution in [0.3, 0.4) is 0 Å². The van der Waals surface area contributed by atoms with Crippen LogP contribution < -0.4 is 5.32 Å². The Morgan fingerprint density at radius 3 is 2.59 bits per heavy atom. The van der Waals surface area contributed by atoms with E-state index in [1.54, 1.807) is 6.07 Å². The van der Waals surface area contributed by atoms with Gasteiger partial charge in [0.2, 0.25) is 5.91 Å². The van der Waals surface area contributed by atoms with Crippen molar-refractivity contribution in [3.8, 4) is 0 Å². The van der Waals surface area contributed by atoms with Crippen LogP contribution in [-0.4, -0.2) is 26.1 Å². The van der Waals surface area contributed by atoms with Gasteiger partial charge in [0.05, 0.1) is 10.6 Å². The predicted molar refractivity (Wildman–Crippen MR) is 106 cm³/mol. The van der Waals surface area contributed by atoms with Crippen molar-refractivity contribution in [2.24, 2.45) is 16.7 Å². The molecule has 0 unspecified atom stereocenters. The van der Waals surface area contributed by atoms with Crippen molar-refractivity contribution >= 4 is 15.7 Å². The summed E-state index contributed by atoms with van der Waals surface area (Å²) in [5.74, 6) is 0.408. The first kappa shape index (κ1) is 19.0. The van der Waals surface area contributed by atoms with Crippen LogP contribution >= 0.6 is 0 Å². The second kappa shape index (κ2) is 6.33. The third-order valence-corrected chi connectivity index (χ3v) is 9.87. The van der Waals surface area contributed by atoms with E-state index in [2.05, 4.69) is 26.1 Å². The number of hydrogen-bond acceptors (Lipinski definition) is 3. The maximum Gasteiger partial charge on any atom is 0.221 e. The summed E-state index contributed by atoms with van der Waals surface area (Å²) in [7, 11) is -3.42. The summed E-state index contributed by atoms with van der Waals surface area (Å²) in [5, 5.41) is 3.17. The second-order valence-electron chi connectivity index (χ2n) is 9.58. The normalized spacial score (nSPS) is 31.1. The Morgan fingerprint density at radius 2 is 1.93 bits per heavy atom. The van der Waals surface area contributed by atoms with Crippen LogP contribution in [0.15, 0.2) is 23.1 Å². The predicted octanol–water partition coefficient (Wildman–Crippen LogP) is 3.67. The number of benzene rings is 1. The average Bonchev–Trinajstić information content (AvgIpc) is 3.22. The number of amides is 1. The minimum absolute atomic E-state index is 0.0388. The lowest BCUT2D eigenvalue weighted by molar-refractivity contribution is -0.122. The zero-order valence-electron chi connectivity index (χ0n) is 16.7. The molecule has 2 saturated carbocycles. The summed E-state index contributed by atoms with van der Waals surface area (Å²) in [6, 6.07) is 5.63. The smallest absolute Gasteiger partial charge is 0.221 e. The van der Waals surface area contributed by atoms with Gasteiger partial charge in [0.15, 0.2) is 9.84 Å². The number of carbonyl (C=O) groups is 1. The highest BCUT2D eigenvalue weighted by Gasteiger charge is 2.61. The molecule has 2 fully saturated rings. The van der Waals surface area contributed by atoms with Gasteiger partial charge in [-0.15, -0.1) is 0 Å². The fourth-order valence-corrected chi connectivity index (χ4v) is 7.06. The molecule has 3 atom stereocenters. The van der Waals surface area contributed by atoms with E-state index in [0.29, 0.717) is 10.8 Å². The third kappa shape index (κ3) is 3.02. The molecule has 0 spiro atoms. The monoisotopic (exact) mass is 389 g/mol. The molecular weight excluding hydrogens is 358 g/mol. The minimum atomic E-state index is -3.42. The van der Waals surface area contributed by atoms with Crippen molar-refractivity contribution < 1.29 is 13.2 Å². The Labute approximate surface area is 163 Å². The average molecular weight is 390 g/mol. The topological polar surface area (TPSA) is 63.2 Å². The van der Waals surface area contributed by atoms with Gasteiger partial charge in [-0.2, -0.15) is 0 Å². The highest BCUT2D eigenvalue weighted by atomic mass is 32.2. The van der Waals surface area contributed by atoms with Gasteiger partial charge in [0, 0.05) is 12.5 Å². The summed E-state index contributed by atoms with van der Waals surface area (Å²) >= 11 is 0. The molecule has 0 aromatic heterocycles. The Bertz CT molecular complexity index is 874. The third-order valence-electron chi connectivity index (χ3n) is 8.16. The first-order valence-electron chi connectivity index (χ1n) is 10.3. The van der Waals surface area contributed by atoms with E-state index in [1.165, 1.54) is 12.0 Å². The molecule has 4 rings (SSSR count). The van der Waals surface area contributed by atoms with Crippen molar-refractivity contribution in [3.05, 3.63) is 29.3 Å². The number of hydrogen-bond donors (Lipinski definition) is 1. The Morgan fingerprint density at radius 1 is 1.19 bits per heavy atom. The molecule has 2 bridgehead atoms. The van der Waals surface area contributed by atoms with Crippen molar-refractivity contribution in [1.29, 1.82) is 0 Å². The van der Waals surface area contributed by atoms with Crippen LogP contribution in [0.5, 0.6) is 0 Å². The maximum atomic E-state index is 12.7. The molecule has 4 nitrogen and oxygen atoms in total. The number of carbonyl (C=O) groups excluding carboxylic acids is 1. The minimum Gasteiger partial charge on any atom is -0.353 e. The lowest BCUT2D eigenvalue weighted by atomic mass is 9.69. The number of fused-ring (bicyclic) bond motifs is 3. The Hall–Kier alpha value is -1.36. The number of rotatable bonds is 5. The molecule has 27 heavy (non-hydrogen) atoms. The van der Waals surface area contributed by atoms with Crippen molar-refractivity contribution in [2.45, 2.75) is 76.7 Å². The summed E-state index contributed by atoms with van der Waals surface area (Å²) in [4.78, 5) is 12.9. The lowest BCUT2D eigenvalue weighted by Crippen LogP contribution is -2.47. The van der Waals surface area contributed by atoms with Crippen LogP contribution in [0, 0.1) is 16.7 Å². The summed E-state index contributed by atoms with van der Waals surface area (Å²) in [5.41, 5.74) is 2.77. The molecule has 0 aliphatic heterocycles. The summed E-state index contributed by atoms with van der Waals surface area (Å²) < 4.78 is 25.4. The van der Waals surface area contributed by atoms with Crippen molar-refractivity contribution in [3.63, 3.8) is 0 Å². The van der Waals surface area contributed by atoms with Gasteiger partial charge < -0.3 is 5.32 Å². The lowest BCUT2D eigenvalue weighted by Gasteiger charge is -2.39. The maximum absolute atomic E-state index is 12.7. The first-order valence-corrected chi connectivity index (χ1v) is 11.9. The molecule has 1 amide bonds. The number of sulfone groups is 1. The fraction of sp³-hybridized carbons (Fsp3) is 0.682. The fourth-order valence-electron chi connectivity index (χ4n) is 5.78. The molecule has 0 heterocycles. The van der Waals surface area contributed by atoms with E-state index in [9.17, 15) is 13.2 Å². The molecule has 1 aromatic rings. The molecule has 3 aliphatic carbocycles. The van der Waals surface area contributed by atoms with Crippen molar-refractivity contribution in [1.82, 2.24) is 5.32 Å². The van der Waals surface area contributed by atoms with Crippen LogP contribution in [0.2, 0.25) is 0 Å². The molecule has 3 aliphatic rings. The second-order valence-corrected chi connectivity index (χ2v) is 11.7. The van der Waals surface area contributed by atoms with Gasteiger partial charge in [-0.1, -0.05) is 26.8 Å². The van der Waals surface area contributed by atoms with Crippen LogP contribution in [-0.2, 0) is 27.5 Å². The van der Waals surface area contributed by atoms with E-state index in [0.717, 1.165) is 37.7 Å². The summed E-state index contributed by atoms with van der Waals surface area (Å²) in [6.45, 7) is 6.91. The largest absolute Gasteiger partial charge is 0.353 e. The first-order chi connectivity index (χ1) is 12.6. The number of nitrogens with one attached hydrogen (secondary N) is 1. The number of aryl methyl sites for hydroxylation is 2. The van der Waals surface area contributed by atoms with Gasteiger partial charge in [0.1, 0.15) is 0 Å². The highest BCUT2D eigenvalue weighted by molar-refractivity contribution is 7.91. The van der Waals surface area contributed by atoms with Gasteiger partial charge in [-0.25, -0.2) is 8.42 Å².